The standard InChI is InChI=1S/C19H23NO2/c1-3-12-22-18-10-8-17(9-11-18)19(21)14-20-13-16-6-4-15(2)5-7-16/h4-11,20H,3,12-14H2,1-2H3. The number of ketones is 1. The van der Waals surface area contributed by atoms with Gasteiger partial charge in [-0.3, -0.25) is 4.79 Å². The summed E-state index contributed by atoms with van der Waals surface area (Å²) in [6.45, 7) is 5.87. The zero-order valence-corrected chi connectivity index (χ0v) is 13.3. The van der Waals surface area contributed by atoms with Crippen LogP contribution in [-0.4, -0.2) is 18.9 Å². The molecule has 0 heterocycles. The maximum absolute atomic E-state index is 12.1. The minimum Gasteiger partial charge on any atom is -0.494 e. The van der Waals surface area contributed by atoms with Crippen molar-refractivity contribution in [3.63, 3.8) is 0 Å². The van der Waals surface area contributed by atoms with Crippen molar-refractivity contribution in [2.75, 3.05) is 13.2 Å². The number of Topliss-reactive ketones (excluding diaryl/α,β-unsaturated/α-hetero) is 1. The lowest BCUT2D eigenvalue weighted by molar-refractivity contribution is 0.0991. The summed E-state index contributed by atoms with van der Waals surface area (Å²) in [5, 5.41) is 3.19. The van der Waals surface area contributed by atoms with E-state index in [1.54, 1.807) is 0 Å². The van der Waals surface area contributed by atoms with E-state index in [1.807, 2.05) is 24.3 Å². The van der Waals surface area contributed by atoms with Gasteiger partial charge in [0.1, 0.15) is 5.75 Å². The van der Waals surface area contributed by atoms with E-state index in [9.17, 15) is 4.79 Å². The Bertz CT molecular complexity index is 588. The minimum atomic E-state index is 0.0918. The Morgan fingerprint density at radius 1 is 1.05 bits per heavy atom. The van der Waals surface area contributed by atoms with E-state index in [0.29, 0.717) is 25.3 Å². The minimum absolute atomic E-state index is 0.0918. The Kier molecular flexibility index (Phi) is 6.16. The molecule has 116 valence electrons. The van der Waals surface area contributed by atoms with Crippen LogP contribution in [0.3, 0.4) is 0 Å². The van der Waals surface area contributed by atoms with Gasteiger partial charge in [0, 0.05) is 12.1 Å². The Labute approximate surface area is 132 Å². The summed E-state index contributed by atoms with van der Waals surface area (Å²) in [6.07, 6.45) is 0.976. The first-order valence-corrected chi connectivity index (χ1v) is 7.71. The normalized spacial score (nSPS) is 10.5. The average Bonchev–Trinajstić information content (AvgIpc) is 2.55. The quantitative estimate of drug-likeness (QED) is 0.754. The van der Waals surface area contributed by atoms with Gasteiger partial charge in [0.05, 0.1) is 13.2 Å². The lowest BCUT2D eigenvalue weighted by Gasteiger charge is -2.07. The highest BCUT2D eigenvalue weighted by atomic mass is 16.5. The highest BCUT2D eigenvalue weighted by Gasteiger charge is 2.05. The van der Waals surface area contributed by atoms with Crippen LogP contribution in [0.2, 0.25) is 0 Å². The van der Waals surface area contributed by atoms with Gasteiger partial charge in [-0.05, 0) is 43.2 Å². The number of aryl methyl sites for hydroxylation is 1. The van der Waals surface area contributed by atoms with Crippen LogP contribution < -0.4 is 10.1 Å². The van der Waals surface area contributed by atoms with Gasteiger partial charge in [0.25, 0.3) is 0 Å². The number of carbonyl (C=O) groups excluding carboxylic acids is 1. The van der Waals surface area contributed by atoms with E-state index in [1.165, 1.54) is 11.1 Å². The lowest BCUT2D eigenvalue weighted by Crippen LogP contribution is -2.22. The molecule has 0 atom stereocenters. The molecule has 2 aromatic rings. The number of nitrogens with one attached hydrogen (secondary N) is 1. The van der Waals surface area contributed by atoms with Crippen LogP contribution in [0.5, 0.6) is 5.75 Å². The van der Waals surface area contributed by atoms with Crippen molar-refractivity contribution in [2.24, 2.45) is 0 Å². The van der Waals surface area contributed by atoms with E-state index in [4.69, 9.17) is 4.74 Å². The van der Waals surface area contributed by atoms with Crippen LogP contribution in [-0.2, 0) is 6.54 Å². The molecule has 0 unspecified atom stereocenters. The molecule has 0 spiro atoms. The topological polar surface area (TPSA) is 38.3 Å². The van der Waals surface area contributed by atoms with Gasteiger partial charge in [0.15, 0.2) is 5.78 Å². The molecule has 0 amide bonds. The number of benzene rings is 2. The number of ether oxygens (including phenoxy) is 1. The molecule has 0 radical (unpaired) electrons. The van der Waals surface area contributed by atoms with Crippen molar-refractivity contribution in [2.45, 2.75) is 26.8 Å². The van der Waals surface area contributed by atoms with Gasteiger partial charge in [-0.1, -0.05) is 36.8 Å². The molecule has 0 aromatic heterocycles. The molecule has 3 nitrogen and oxygen atoms in total. The van der Waals surface area contributed by atoms with E-state index < -0.39 is 0 Å². The first-order valence-electron chi connectivity index (χ1n) is 7.71. The summed E-state index contributed by atoms with van der Waals surface area (Å²) in [5.41, 5.74) is 3.13. The van der Waals surface area contributed by atoms with Gasteiger partial charge < -0.3 is 10.1 Å². The summed E-state index contributed by atoms with van der Waals surface area (Å²) in [7, 11) is 0. The maximum Gasteiger partial charge on any atom is 0.176 e. The fourth-order valence-corrected chi connectivity index (χ4v) is 2.09. The third kappa shape index (κ3) is 5.01. The van der Waals surface area contributed by atoms with Crippen molar-refractivity contribution >= 4 is 5.78 Å². The van der Waals surface area contributed by atoms with E-state index in [-0.39, 0.29) is 5.78 Å². The molecule has 2 aromatic carbocycles. The molecule has 1 N–H and O–H groups in total. The highest BCUT2D eigenvalue weighted by molar-refractivity contribution is 5.97. The van der Waals surface area contributed by atoms with Crippen molar-refractivity contribution < 1.29 is 9.53 Å². The second-order valence-electron chi connectivity index (χ2n) is 5.39. The molecule has 2 rings (SSSR count). The maximum atomic E-state index is 12.1. The summed E-state index contributed by atoms with van der Waals surface area (Å²) < 4.78 is 5.51. The highest BCUT2D eigenvalue weighted by Crippen LogP contribution is 2.12. The summed E-state index contributed by atoms with van der Waals surface area (Å²) in [5.74, 6) is 0.903. The second-order valence-corrected chi connectivity index (χ2v) is 5.39. The Hall–Kier alpha value is -2.13. The molecule has 0 saturated heterocycles. The van der Waals surface area contributed by atoms with Crippen molar-refractivity contribution in [1.82, 2.24) is 5.32 Å². The third-order valence-corrected chi connectivity index (χ3v) is 3.38. The van der Waals surface area contributed by atoms with Crippen molar-refractivity contribution in [3.05, 3.63) is 65.2 Å². The van der Waals surface area contributed by atoms with Crippen LogP contribution in [0.25, 0.3) is 0 Å². The number of rotatable bonds is 8. The van der Waals surface area contributed by atoms with Crippen molar-refractivity contribution in [3.8, 4) is 5.75 Å². The predicted molar refractivity (Wildman–Crippen MR) is 89.4 cm³/mol. The zero-order chi connectivity index (χ0) is 15.8. The van der Waals surface area contributed by atoms with Gasteiger partial charge in [-0.2, -0.15) is 0 Å². The van der Waals surface area contributed by atoms with E-state index in [0.717, 1.165) is 12.2 Å². The average molecular weight is 297 g/mol. The van der Waals surface area contributed by atoms with Gasteiger partial charge >= 0.3 is 0 Å². The first-order chi connectivity index (χ1) is 10.7. The Balaban J connectivity index is 1.80. The molecule has 0 aliphatic rings. The van der Waals surface area contributed by atoms with Gasteiger partial charge in [0.2, 0.25) is 0 Å². The molecule has 22 heavy (non-hydrogen) atoms. The van der Waals surface area contributed by atoms with Gasteiger partial charge in [-0.15, -0.1) is 0 Å². The number of hydrogen-bond donors (Lipinski definition) is 1. The van der Waals surface area contributed by atoms with E-state index in [2.05, 4.69) is 43.4 Å². The van der Waals surface area contributed by atoms with Gasteiger partial charge in [-0.25, -0.2) is 0 Å². The fourth-order valence-electron chi connectivity index (χ4n) is 2.09. The summed E-state index contributed by atoms with van der Waals surface area (Å²) in [4.78, 5) is 12.1. The second kappa shape index (κ2) is 8.35. The first kappa shape index (κ1) is 16.2. The summed E-state index contributed by atoms with van der Waals surface area (Å²) >= 11 is 0. The van der Waals surface area contributed by atoms with Crippen LogP contribution in [0.15, 0.2) is 48.5 Å². The third-order valence-electron chi connectivity index (χ3n) is 3.38. The largest absolute Gasteiger partial charge is 0.494 e. The molecule has 3 heteroatoms. The number of hydrogen-bond acceptors (Lipinski definition) is 3. The lowest BCUT2D eigenvalue weighted by atomic mass is 10.1. The fraction of sp³-hybridized carbons (Fsp3) is 0.316. The molecule has 0 bridgehead atoms. The molecule has 0 aliphatic heterocycles. The molecule has 0 aliphatic carbocycles. The molecule has 0 fully saturated rings. The monoisotopic (exact) mass is 297 g/mol. The van der Waals surface area contributed by atoms with Crippen LogP contribution >= 0.6 is 0 Å². The van der Waals surface area contributed by atoms with Crippen LogP contribution in [0, 0.1) is 6.92 Å². The Morgan fingerprint density at radius 2 is 1.73 bits per heavy atom. The number of carbonyl (C=O) groups is 1. The Morgan fingerprint density at radius 3 is 2.36 bits per heavy atom. The molecule has 0 saturated carbocycles. The molecular formula is C19H23NO2. The predicted octanol–water partition coefficient (Wildman–Crippen LogP) is 3.76. The van der Waals surface area contributed by atoms with Crippen molar-refractivity contribution in [1.29, 1.82) is 0 Å². The van der Waals surface area contributed by atoms with E-state index >= 15 is 0 Å². The SMILES string of the molecule is CCCOc1ccc(C(=O)CNCc2ccc(C)cc2)cc1. The summed E-state index contributed by atoms with van der Waals surface area (Å²) in [6, 6.07) is 15.6. The van der Waals surface area contributed by atoms with Crippen LogP contribution in [0.1, 0.15) is 34.8 Å². The van der Waals surface area contributed by atoms with Crippen LogP contribution in [0.4, 0.5) is 0 Å². The molecular weight excluding hydrogens is 274 g/mol. The zero-order valence-electron chi connectivity index (χ0n) is 13.3. The smallest absolute Gasteiger partial charge is 0.176 e.